The van der Waals surface area contributed by atoms with Gasteiger partial charge in [0.25, 0.3) is 5.91 Å². The van der Waals surface area contributed by atoms with Crippen LogP contribution in [0.5, 0.6) is 0 Å². The second kappa shape index (κ2) is 8.09. The van der Waals surface area contributed by atoms with Crippen molar-refractivity contribution in [2.45, 2.75) is 66.0 Å². The molecule has 1 fully saturated rings. The lowest BCUT2D eigenvalue weighted by molar-refractivity contribution is -0.130. The molecule has 0 unspecified atom stereocenters. The number of carbonyl (C=O) groups is 3. The maximum Gasteiger partial charge on any atom is 0.325 e. The highest BCUT2D eigenvalue weighted by Gasteiger charge is 2.49. The lowest BCUT2D eigenvalue weighted by Crippen LogP contribution is -2.41. The van der Waals surface area contributed by atoms with Gasteiger partial charge in [0.1, 0.15) is 5.54 Å². The van der Waals surface area contributed by atoms with Gasteiger partial charge < -0.3 is 9.88 Å². The SMILES string of the molecule is CCCn1c(C)cc(C(=O)CN2C(=O)N[C@@](C)(c3ccc(C(C)C)cc3)C2=O)c1C. The predicted octanol–water partition coefficient (Wildman–Crippen LogP) is 4.29. The van der Waals surface area contributed by atoms with E-state index in [4.69, 9.17) is 0 Å². The Labute approximate surface area is 178 Å². The Hall–Kier alpha value is -2.89. The third kappa shape index (κ3) is 3.66. The van der Waals surface area contributed by atoms with E-state index in [1.165, 1.54) is 0 Å². The molecule has 3 rings (SSSR count). The molecule has 1 saturated heterocycles. The van der Waals surface area contributed by atoms with Crippen molar-refractivity contribution in [2.75, 3.05) is 6.54 Å². The highest BCUT2D eigenvalue weighted by molar-refractivity contribution is 6.11. The summed E-state index contributed by atoms with van der Waals surface area (Å²) in [5.41, 5.74) is 3.14. The summed E-state index contributed by atoms with van der Waals surface area (Å²) in [5.74, 6) is -0.254. The molecule has 2 aromatic rings. The fourth-order valence-corrected chi connectivity index (χ4v) is 4.12. The Morgan fingerprint density at radius 2 is 1.77 bits per heavy atom. The fourth-order valence-electron chi connectivity index (χ4n) is 4.12. The Morgan fingerprint density at radius 3 is 2.33 bits per heavy atom. The highest BCUT2D eigenvalue weighted by Crippen LogP contribution is 2.30. The number of nitrogens with zero attached hydrogens (tertiary/aromatic N) is 2. The molecule has 1 N–H and O–H groups in total. The van der Waals surface area contributed by atoms with E-state index in [0.29, 0.717) is 17.0 Å². The zero-order chi connectivity index (χ0) is 22.2. The third-order valence-corrected chi connectivity index (χ3v) is 6.05. The summed E-state index contributed by atoms with van der Waals surface area (Å²) >= 11 is 0. The Morgan fingerprint density at radius 1 is 1.13 bits per heavy atom. The van der Waals surface area contributed by atoms with Crippen molar-refractivity contribution >= 4 is 17.7 Å². The predicted molar refractivity (Wildman–Crippen MR) is 117 cm³/mol. The van der Waals surface area contributed by atoms with Crippen LogP contribution in [0.25, 0.3) is 0 Å². The lowest BCUT2D eigenvalue weighted by Gasteiger charge is -2.22. The molecule has 3 amide bonds. The summed E-state index contributed by atoms with van der Waals surface area (Å²) in [5, 5.41) is 2.78. The molecule has 6 heteroatoms. The van der Waals surface area contributed by atoms with E-state index in [-0.39, 0.29) is 12.3 Å². The zero-order valence-corrected chi connectivity index (χ0v) is 18.7. The highest BCUT2D eigenvalue weighted by atomic mass is 16.2. The van der Waals surface area contributed by atoms with Crippen LogP contribution in [0.4, 0.5) is 4.79 Å². The molecular formula is C24H31N3O3. The van der Waals surface area contributed by atoms with Gasteiger partial charge >= 0.3 is 6.03 Å². The largest absolute Gasteiger partial charge is 0.348 e. The number of aromatic nitrogens is 1. The van der Waals surface area contributed by atoms with Gasteiger partial charge in [-0.15, -0.1) is 0 Å². The fraction of sp³-hybridized carbons (Fsp3) is 0.458. The first-order valence-electron chi connectivity index (χ1n) is 10.5. The summed E-state index contributed by atoms with van der Waals surface area (Å²) in [4.78, 5) is 39.8. The van der Waals surface area contributed by atoms with Crippen LogP contribution in [0.1, 0.15) is 72.9 Å². The molecule has 1 atom stereocenters. The van der Waals surface area contributed by atoms with Gasteiger partial charge in [-0.3, -0.25) is 14.5 Å². The molecule has 1 aromatic carbocycles. The molecule has 1 aromatic heterocycles. The van der Waals surface area contributed by atoms with Gasteiger partial charge in [-0.05, 0) is 50.3 Å². The van der Waals surface area contributed by atoms with Crippen LogP contribution in [-0.2, 0) is 16.9 Å². The number of carbonyl (C=O) groups excluding carboxylic acids is 3. The number of aryl methyl sites for hydroxylation is 1. The van der Waals surface area contributed by atoms with Gasteiger partial charge in [-0.25, -0.2) is 4.79 Å². The molecule has 1 aliphatic heterocycles. The minimum absolute atomic E-state index is 0.228. The number of hydrogen-bond acceptors (Lipinski definition) is 3. The smallest absolute Gasteiger partial charge is 0.325 e. The van der Waals surface area contributed by atoms with Crippen molar-refractivity contribution < 1.29 is 14.4 Å². The average molecular weight is 410 g/mol. The Kier molecular flexibility index (Phi) is 5.88. The number of hydrogen-bond donors (Lipinski definition) is 1. The van der Waals surface area contributed by atoms with Crippen molar-refractivity contribution in [1.29, 1.82) is 0 Å². The van der Waals surface area contributed by atoms with Crippen LogP contribution < -0.4 is 5.32 Å². The normalized spacial score (nSPS) is 19.0. The minimum Gasteiger partial charge on any atom is -0.348 e. The van der Waals surface area contributed by atoms with E-state index < -0.39 is 17.5 Å². The average Bonchev–Trinajstić information content (AvgIpc) is 3.11. The molecule has 0 radical (unpaired) electrons. The van der Waals surface area contributed by atoms with Crippen LogP contribution in [0.3, 0.4) is 0 Å². The number of benzene rings is 1. The van der Waals surface area contributed by atoms with Crippen LogP contribution in [0.15, 0.2) is 30.3 Å². The van der Waals surface area contributed by atoms with Gasteiger partial charge in [-0.2, -0.15) is 0 Å². The molecule has 0 saturated carbocycles. The van der Waals surface area contributed by atoms with E-state index in [1.807, 2.05) is 44.2 Å². The van der Waals surface area contributed by atoms with Crippen molar-refractivity contribution in [2.24, 2.45) is 0 Å². The van der Waals surface area contributed by atoms with Gasteiger partial charge in [-0.1, -0.05) is 45.0 Å². The van der Waals surface area contributed by atoms with Crippen molar-refractivity contribution in [3.63, 3.8) is 0 Å². The van der Waals surface area contributed by atoms with E-state index in [1.54, 1.807) is 6.92 Å². The summed E-state index contributed by atoms with van der Waals surface area (Å²) in [6.45, 7) is 12.4. The first-order chi connectivity index (χ1) is 14.1. The monoisotopic (exact) mass is 409 g/mol. The summed E-state index contributed by atoms with van der Waals surface area (Å²) in [6, 6.07) is 9.00. The minimum atomic E-state index is -1.17. The second-order valence-corrected chi connectivity index (χ2v) is 8.58. The number of amides is 3. The van der Waals surface area contributed by atoms with Gasteiger partial charge in [0, 0.05) is 23.5 Å². The summed E-state index contributed by atoms with van der Waals surface area (Å²) < 4.78 is 2.10. The van der Waals surface area contributed by atoms with E-state index >= 15 is 0 Å². The van der Waals surface area contributed by atoms with Gasteiger partial charge in [0.05, 0.1) is 6.54 Å². The molecule has 0 bridgehead atoms. The van der Waals surface area contributed by atoms with Gasteiger partial charge in [0.15, 0.2) is 5.78 Å². The van der Waals surface area contributed by atoms with Crippen LogP contribution in [0.2, 0.25) is 0 Å². The number of urea groups is 1. The molecular weight excluding hydrogens is 378 g/mol. The first-order valence-corrected chi connectivity index (χ1v) is 10.5. The molecule has 6 nitrogen and oxygen atoms in total. The number of ketones is 1. The molecule has 30 heavy (non-hydrogen) atoms. The quantitative estimate of drug-likeness (QED) is 0.548. The van der Waals surface area contributed by atoms with Crippen molar-refractivity contribution in [1.82, 2.24) is 14.8 Å². The van der Waals surface area contributed by atoms with Gasteiger partial charge in [0.2, 0.25) is 0 Å². The summed E-state index contributed by atoms with van der Waals surface area (Å²) in [7, 11) is 0. The number of Topliss-reactive ketones (excluding diaryl/α,β-unsaturated/α-hetero) is 1. The standard InChI is InChI=1S/C24H31N3O3/c1-7-12-26-16(4)13-20(17(26)5)21(28)14-27-22(29)24(6,25-23(27)30)19-10-8-18(9-11-19)15(2)3/h8-11,13,15H,7,12,14H2,1-6H3,(H,25,30)/t24-/m0/s1. The van der Waals surface area contributed by atoms with Crippen LogP contribution >= 0.6 is 0 Å². The first kappa shape index (κ1) is 21.8. The number of nitrogens with one attached hydrogen (secondary N) is 1. The molecule has 1 aliphatic rings. The molecule has 160 valence electrons. The second-order valence-electron chi connectivity index (χ2n) is 8.58. The van der Waals surface area contributed by atoms with Crippen molar-refractivity contribution in [3.05, 3.63) is 58.4 Å². The summed E-state index contributed by atoms with van der Waals surface area (Å²) in [6.07, 6.45) is 0.963. The lowest BCUT2D eigenvalue weighted by atomic mass is 9.90. The number of rotatable bonds is 7. The third-order valence-electron chi connectivity index (χ3n) is 6.05. The maximum atomic E-state index is 13.2. The zero-order valence-electron chi connectivity index (χ0n) is 18.7. The van der Waals surface area contributed by atoms with E-state index in [0.717, 1.165) is 34.8 Å². The maximum absolute atomic E-state index is 13.2. The molecule has 0 spiro atoms. The van der Waals surface area contributed by atoms with E-state index in [2.05, 4.69) is 30.7 Å². The Bertz CT molecular complexity index is 988. The molecule has 2 heterocycles. The van der Waals surface area contributed by atoms with Crippen molar-refractivity contribution in [3.8, 4) is 0 Å². The molecule has 0 aliphatic carbocycles. The van der Waals surface area contributed by atoms with E-state index in [9.17, 15) is 14.4 Å². The topological polar surface area (TPSA) is 71.4 Å². The van der Waals surface area contributed by atoms with Crippen LogP contribution in [-0.4, -0.2) is 33.7 Å². The Balaban J connectivity index is 1.83. The van der Waals surface area contributed by atoms with Crippen LogP contribution in [0, 0.1) is 13.8 Å². The number of imide groups is 1.